The average Bonchev–Trinajstić information content (AvgIpc) is 3.77. The summed E-state index contributed by atoms with van der Waals surface area (Å²) in [5.74, 6) is -0.907. The number of benzene rings is 3. The monoisotopic (exact) mass is 929 g/mol. The van der Waals surface area contributed by atoms with E-state index in [0.717, 1.165) is 29.3 Å². The number of ether oxygens (including phenoxy) is 1. The number of fused-ring (bicyclic) bond motifs is 2. The minimum atomic E-state index is -2.68. The van der Waals surface area contributed by atoms with Gasteiger partial charge in [-0.2, -0.15) is 9.46 Å². The minimum Gasteiger partial charge on any atom is -0.376 e. The van der Waals surface area contributed by atoms with Crippen molar-refractivity contribution in [1.29, 1.82) is 0 Å². The quantitative estimate of drug-likeness (QED) is 0.164. The smallest absolute Gasteiger partial charge is 0.376 e. The van der Waals surface area contributed by atoms with Gasteiger partial charge in [0.05, 0.1) is 28.7 Å². The fraction of sp³-hybridized carbons (Fsp3) is 0.388. The number of H-pyrrole nitrogens is 1. The van der Waals surface area contributed by atoms with Crippen LogP contribution in [0.4, 0.5) is 4.39 Å². The molecule has 1 saturated carbocycles. The summed E-state index contributed by atoms with van der Waals surface area (Å²) in [4.78, 5) is 59.9. The second-order valence-corrected chi connectivity index (χ2v) is 21.9. The van der Waals surface area contributed by atoms with Gasteiger partial charge in [-0.3, -0.25) is 28.2 Å². The van der Waals surface area contributed by atoms with E-state index in [4.69, 9.17) is 14.4 Å². The van der Waals surface area contributed by atoms with E-state index in [1.54, 1.807) is 60.1 Å². The van der Waals surface area contributed by atoms with Crippen molar-refractivity contribution in [3.05, 3.63) is 145 Å². The zero-order chi connectivity index (χ0) is 47.5. The highest BCUT2D eigenvalue weighted by atomic mass is 32.2. The van der Waals surface area contributed by atoms with Crippen molar-refractivity contribution >= 4 is 32.4 Å². The molecule has 4 atom stereocenters. The molecule has 3 aliphatic rings. The lowest BCUT2D eigenvalue weighted by molar-refractivity contribution is -0.0592. The Balaban J connectivity index is 1.09. The highest BCUT2D eigenvalue weighted by Crippen LogP contribution is 2.56. The topological polar surface area (TPSA) is 185 Å². The molecule has 2 aliphatic heterocycles. The van der Waals surface area contributed by atoms with Crippen LogP contribution in [0.5, 0.6) is 0 Å². The van der Waals surface area contributed by atoms with E-state index < -0.39 is 38.7 Å². The van der Waals surface area contributed by atoms with Crippen LogP contribution in [0.3, 0.4) is 0 Å². The van der Waals surface area contributed by atoms with Crippen LogP contribution in [0.15, 0.2) is 91.5 Å². The normalized spacial score (nSPS) is 21.4. The number of aryl methyl sites for hydroxylation is 2. The number of halogens is 1. The molecule has 0 spiro atoms. The Bertz CT molecular complexity index is 3400. The molecule has 6 heterocycles. The van der Waals surface area contributed by atoms with Crippen LogP contribution in [0.2, 0.25) is 0 Å². The Labute approximate surface area is 385 Å². The third kappa shape index (κ3) is 7.50. The van der Waals surface area contributed by atoms with Crippen LogP contribution in [0.1, 0.15) is 114 Å². The number of carbonyl (C=O) groups excluding carboxylic acids is 2. The van der Waals surface area contributed by atoms with Gasteiger partial charge in [0.15, 0.2) is 5.82 Å². The number of amides is 2. The van der Waals surface area contributed by atoms with E-state index >= 15 is 9.18 Å². The van der Waals surface area contributed by atoms with Gasteiger partial charge in [0.2, 0.25) is 0 Å². The first-order chi connectivity index (χ1) is 31.7. The van der Waals surface area contributed by atoms with Crippen LogP contribution >= 0.6 is 0 Å². The van der Waals surface area contributed by atoms with E-state index in [-0.39, 0.29) is 34.7 Å². The second kappa shape index (κ2) is 15.7. The van der Waals surface area contributed by atoms with Gasteiger partial charge >= 0.3 is 11.4 Å². The molecule has 0 bridgehead atoms. The molecule has 348 valence electrons. The largest absolute Gasteiger partial charge is 0.438 e. The Morgan fingerprint density at radius 3 is 2.28 bits per heavy atom. The Kier molecular flexibility index (Phi) is 10.4. The highest BCUT2D eigenvalue weighted by molar-refractivity contribution is 7.92. The number of nitrogens with zero attached hydrogens (tertiary/aromatic N) is 8. The van der Waals surface area contributed by atoms with Gasteiger partial charge in [0.1, 0.15) is 22.9 Å². The van der Waals surface area contributed by atoms with Gasteiger partial charge < -0.3 is 14.2 Å². The molecule has 1 saturated heterocycles. The molecule has 10 rings (SSSR count). The summed E-state index contributed by atoms with van der Waals surface area (Å²) >= 11 is 0. The average molecular weight is 930 g/mol. The molecule has 2 fully saturated rings. The van der Waals surface area contributed by atoms with Crippen molar-refractivity contribution in [1.82, 2.24) is 38.5 Å². The molecule has 18 heteroatoms. The van der Waals surface area contributed by atoms with Crippen molar-refractivity contribution in [2.24, 2.45) is 10.3 Å². The van der Waals surface area contributed by atoms with E-state index in [1.165, 1.54) is 33.8 Å². The maximum absolute atomic E-state index is 15.5. The summed E-state index contributed by atoms with van der Waals surface area (Å²) in [6.45, 7) is 12.5. The predicted octanol–water partition coefficient (Wildman–Crippen LogP) is 7.28. The summed E-state index contributed by atoms with van der Waals surface area (Å²) in [7, 11) is -2.68. The standard InChI is InChI=1S/C49H52FN9O7S/c1-27-21-36(22-28(2)41(27)50)59-43(57-19-18-56(47(57)63)35-12-9-31(10-13-35)42(60)54-67(7,8)64)40-30(4)55(17-15-37(40)52-59)44(61)39-24-34-23-32(33-16-20-65-48(5,6)26-33)11-14-38(34)58(39)49(25-29(49)3)45-51-46(62)66-53-45/h9-14,18-19,21-24,29-30,33H,15-17,20,25-26H2,1-8H3,(H,51,53,62)/t29-,30-,33-,49-/m0/s1. The molecular formula is C49H52FN9O7S. The van der Waals surface area contributed by atoms with Crippen molar-refractivity contribution in [3.8, 4) is 17.2 Å². The highest BCUT2D eigenvalue weighted by Gasteiger charge is 2.59. The van der Waals surface area contributed by atoms with Crippen LogP contribution in [0, 0.1) is 25.6 Å². The number of carbonyl (C=O) groups is 2. The molecule has 67 heavy (non-hydrogen) atoms. The van der Waals surface area contributed by atoms with Crippen LogP contribution < -0.4 is 11.4 Å². The first-order valence-electron chi connectivity index (χ1n) is 22.4. The molecule has 4 aromatic heterocycles. The van der Waals surface area contributed by atoms with Crippen molar-refractivity contribution in [3.63, 3.8) is 0 Å². The maximum Gasteiger partial charge on any atom is 0.438 e. The Morgan fingerprint density at radius 1 is 0.940 bits per heavy atom. The van der Waals surface area contributed by atoms with E-state index in [1.807, 2.05) is 17.6 Å². The Morgan fingerprint density at radius 2 is 1.64 bits per heavy atom. The van der Waals surface area contributed by atoms with E-state index in [9.17, 15) is 18.6 Å². The number of hydrogen-bond acceptors (Lipinski definition) is 9. The Hall–Kier alpha value is -6.66. The second-order valence-electron chi connectivity index (χ2n) is 19.3. The zero-order valence-electron chi connectivity index (χ0n) is 38.6. The number of imidazole rings is 1. The number of aromatic amines is 1. The SMILES string of the molecule is Cc1cc(-n2nc3c(c2-n2ccn(-c4ccc(C(=O)N=S(C)(C)=O)cc4)c2=O)[C@H](C)N(C(=O)c2cc4cc([C@H]5CCOC(C)(C)C5)ccc4n2[C@@]2(c4noc(=O)[nH]4)C[C@@H]2C)CC3)cc(C)c1F. The van der Waals surface area contributed by atoms with Crippen molar-refractivity contribution in [2.75, 3.05) is 25.7 Å². The lowest BCUT2D eigenvalue weighted by atomic mass is 9.83. The first kappa shape index (κ1) is 44.2. The summed E-state index contributed by atoms with van der Waals surface area (Å²) in [6, 6.07) is 17.3. The maximum atomic E-state index is 15.5. The summed E-state index contributed by atoms with van der Waals surface area (Å²) in [6.07, 6.45) is 8.68. The van der Waals surface area contributed by atoms with Gasteiger partial charge in [0.25, 0.3) is 11.8 Å². The van der Waals surface area contributed by atoms with Gasteiger partial charge in [-0.1, -0.05) is 18.1 Å². The third-order valence-corrected chi connectivity index (χ3v) is 14.4. The number of aromatic nitrogens is 7. The lowest BCUT2D eigenvalue weighted by Crippen LogP contribution is -2.41. The molecule has 2 amide bonds. The van der Waals surface area contributed by atoms with E-state index in [2.05, 4.69) is 53.5 Å². The molecule has 0 radical (unpaired) electrons. The third-order valence-electron chi connectivity index (χ3n) is 13.8. The fourth-order valence-corrected chi connectivity index (χ4v) is 11.0. The van der Waals surface area contributed by atoms with Crippen molar-refractivity contribution < 1.29 is 27.4 Å². The molecule has 16 nitrogen and oxygen atoms in total. The van der Waals surface area contributed by atoms with Gasteiger partial charge in [-0.05, 0) is 137 Å². The van der Waals surface area contributed by atoms with Crippen LogP contribution in [-0.2, 0) is 26.4 Å². The van der Waals surface area contributed by atoms with Gasteiger partial charge in [0, 0.05) is 76.2 Å². The first-order valence-corrected chi connectivity index (χ1v) is 24.8. The summed E-state index contributed by atoms with van der Waals surface area (Å²) in [5.41, 5.74) is 4.16. The zero-order valence-corrected chi connectivity index (χ0v) is 39.4. The van der Waals surface area contributed by atoms with Gasteiger partial charge in [-0.15, -0.1) is 0 Å². The summed E-state index contributed by atoms with van der Waals surface area (Å²) < 4.78 is 48.8. The summed E-state index contributed by atoms with van der Waals surface area (Å²) in [5, 5.41) is 10.1. The molecule has 0 unspecified atom stereocenters. The molecule has 7 aromatic rings. The molecule has 1 aliphatic carbocycles. The number of nitrogens with one attached hydrogen (secondary N) is 1. The molecule has 3 aromatic carbocycles. The molecule has 1 N–H and O–H groups in total. The van der Waals surface area contributed by atoms with Gasteiger partial charge in [-0.25, -0.2) is 22.9 Å². The number of rotatable bonds is 8. The molecular weight excluding hydrogens is 878 g/mol. The van der Waals surface area contributed by atoms with Crippen molar-refractivity contribution in [2.45, 2.75) is 90.3 Å². The van der Waals surface area contributed by atoms with Crippen LogP contribution in [0.25, 0.3) is 28.1 Å². The minimum absolute atomic E-state index is 0.00204. The van der Waals surface area contributed by atoms with Crippen LogP contribution in [-0.4, -0.2) is 85.8 Å². The lowest BCUT2D eigenvalue weighted by Gasteiger charge is -2.35. The predicted molar refractivity (Wildman–Crippen MR) is 250 cm³/mol. The fourth-order valence-electron chi connectivity index (χ4n) is 10.5. The van der Waals surface area contributed by atoms with E-state index in [0.29, 0.717) is 77.1 Å². The number of hydrogen-bond donors (Lipinski definition) is 1.